The zero-order chi connectivity index (χ0) is 13.8. The van der Waals surface area contributed by atoms with Crippen LogP contribution in [0, 0.1) is 0 Å². The highest BCUT2D eigenvalue weighted by atomic mass is 35.5. The molecular formula is C12H18BClN4O. The van der Waals surface area contributed by atoms with E-state index in [0.29, 0.717) is 11.9 Å². The van der Waals surface area contributed by atoms with Crippen LogP contribution in [0.3, 0.4) is 0 Å². The summed E-state index contributed by atoms with van der Waals surface area (Å²) in [5.74, 6) is 1.44. The second-order valence-electron chi connectivity index (χ2n) is 4.63. The Labute approximate surface area is 119 Å². The minimum atomic E-state index is 0.226. The van der Waals surface area contributed by atoms with Crippen LogP contribution in [-0.4, -0.2) is 44.1 Å². The van der Waals surface area contributed by atoms with Crippen LogP contribution in [0.4, 0.5) is 11.6 Å². The van der Waals surface area contributed by atoms with Crippen molar-refractivity contribution in [3.05, 3.63) is 17.4 Å². The Morgan fingerprint density at radius 2 is 2.00 bits per heavy atom. The zero-order valence-electron chi connectivity index (χ0n) is 11.3. The molecule has 2 heterocycles. The SMILES string of the molecule is BC(=C)c1c(NC)nc(Cl)nc1NC1CCOCC1. The standard InChI is InChI=1S/C12H18BClN4O/c1-7(13)9-10(15-2)17-12(14)18-11(9)16-8-3-5-19-6-4-8/h8H,1,3-6,13H2,2H3,(H2,15,16,17,18). The van der Waals surface area contributed by atoms with Crippen molar-refractivity contribution in [2.24, 2.45) is 0 Å². The lowest BCUT2D eigenvalue weighted by Crippen LogP contribution is -2.29. The van der Waals surface area contributed by atoms with Gasteiger partial charge in [-0.25, -0.2) is 9.97 Å². The fourth-order valence-electron chi connectivity index (χ4n) is 2.16. The van der Waals surface area contributed by atoms with Crippen molar-refractivity contribution in [1.29, 1.82) is 0 Å². The first-order valence-corrected chi connectivity index (χ1v) is 6.75. The lowest BCUT2D eigenvalue weighted by molar-refractivity contribution is 0.0904. The first-order valence-electron chi connectivity index (χ1n) is 6.37. The van der Waals surface area contributed by atoms with Gasteiger partial charge in [0.05, 0.1) is 5.56 Å². The minimum absolute atomic E-state index is 0.226. The summed E-state index contributed by atoms with van der Waals surface area (Å²) in [6, 6.07) is 0.350. The maximum absolute atomic E-state index is 5.97. The molecule has 0 amide bonds. The second kappa shape index (κ2) is 6.26. The maximum Gasteiger partial charge on any atom is 0.226 e. The Hall–Kier alpha value is -1.27. The number of hydrogen-bond donors (Lipinski definition) is 2. The van der Waals surface area contributed by atoms with Crippen molar-refractivity contribution >= 4 is 36.6 Å². The van der Waals surface area contributed by atoms with E-state index in [2.05, 4.69) is 27.2 Å². The molecular weight excluding hydrogens is 262 g/mol. The van der Waals surface area contributed by atoms with E-state index >= 15 is 0 Å². The lowest BCUT2D eigenvalue weighted by atomic mass is 9.90. The number of ether oxygens (including phenoxy) is 1. The van der Waals surface area contributed by atoms with Gasteiger partial charge in [-0.2, -0.15) is 0 Å². The van der Waals surface area contributed by atoms with Gasteiger partial charge in [-0.1, -0.05) is 5.47 Å². The first-order chi connectivity index (χ1) is 9.11. The summed E-state index contributed by atoms with van der Waals surface area (Å²) < 4.78 is 5.36. The molecule has 5 nitrogen and oxygen atoms in total. The van der Waals surface area contributed by atoms with Gasteiger partial charge in [0, 0.05) is 26.3 Å². The van der Waals surface area contributed by atoms with Crippen molar-refractivity contribution in [3.8, 4) is 0 Å². The number of anilines is 2. The second-order valence-corrected chi connectivity index (χ2v) is 4.96. The van der Waals surface area contributed by atoms with E-state index in [9.17, 15) is 0 Å². The van der Waals surface area contributed by atoms with Crippen LogP contribution in [0.5, 0.6) is 0 Å². The van der Waals surface area contributed by atoms with Gasteiger partial charge in [0.2, 0.25) is 5.28 Å². The topological polar surface area (TPSA) is 59.1 Å². The Bertz CT molecular complexity index is 477. The summed E-state index contributed by atoms with van der Waals surface area (Å²) in [6.45, 7) is 5.54. The molecule has 1 aliphatic heterocycles. The summed E-state index contributed by atoms with van der Waals surface area (Å²) in [7, 11) is 3.74. The number of rotatable bonds is 4. The van der Waals surface area contributed by atoms with Crippen LogP contribution in [0.25, 0.3) is 5.47 Å². The Balaban J connectivity index is 2.31. The van der Waals surface area contributed by atoms with E-state index in [-0.39, 0.29) is 5.28 Å². The fourth-order valence-corrected chi connectivity index (χ4v) is 2.33. The zero-order valence-corrected chi connectivity index (χ0v) is 12.0. The van der Waals surface area contributed by atoms with Crippen LogP contribution in [0.2, 0.25) is 5.28 Å². The molecule has 0 spiro atoms. The van der Waals surface area contributed by atoms with E-state index in [1.807, 2.05) is 14.9 Å². The Morgan fingerprint density at radius 1 is 1.37 bits per heavy atom. The summed E-state index contributed by atoms with van der Waals surface area (Å²) in [6.07, 6.45) is 1.93. The van der Waals surface area contributed by atoms with Crippen LogP contribution >= 0.6 is 11.6 Å². The molecule has 0 unspecified atom stereocenters. The molecule has 0 radical (unpaired) electrons. The van der Waals surface area contributed by atoms with E-state index < -0.39 is 0 Å². The molecule has 0 aliphatic carbocycles. The molecule has 1 fully saturated rings. The van der Waals surface area contributed by atoms with Crippen LogP contribution in [-0.2, 0) is 4.74 Å². The van der Waals surface area contributed by atoms with Crippen molar-refractivity contribution in [2.75, 3.05) is 30.9 Å². The minimum Gasteiger partial charge on any atom is -0.381 e. The smallest absolute Gasteiger partial charge is 0.226 e. The predicted molar refractivity (Wildman–Crippen MR) is 81.6 cm³/mol. The van der Waals surface area contributed by atoms with Gasteiger partial charge in [0.15, 0.2) is 0 Å². The highest BCUT2D eigenvalue weighted by Crippen LogP contribution is 2.29. The van der Waals surface area contributed by atoms with E-state index in [1.165, 1.54) is 0 Å². The van der Waals surface area contributed by atoms with Crippen molar-refractivity contribution in [3.63, 3.8) is 0 Å². The molecule has 2 N–H and O–H groups in total. The molecule has 1 aromatic rings. The highest BCUT2D eigenvalue weighted by molar-refractivity contribution is 6.43. The average Bonchev–Trinajstić information content (AvgIpc) is 2.38. The normalized spacial score (nSPS) is 16.1. The molecule has 0 atom stereocenters. The first kappa shape index (κ1) is 14.2. The molecule has 0 aromatic carbocycles. The van der Waals surface area contributed by atoms with E-state index in [1.54, 1.807) is 0 Å². The van der Waals surface area contributed by atoms with Crippen LogP contribution < -0.4 is 10.6 Å². The lowest BCUT2D eigenvalue weighted by Gasteiger charge is -2.25. The summed E-state index contributed by atoms with van der Waals surface area (Å²) in [4.78, 5) is 8.48. The van der Waals surface area contributed by atoms with Gasteiger partial charge in [-0.05, 0) is 24.4 Å². The molecule has 1 aromatic heterocycles. The fraction of sp³-hybridized carbons (Fsp3) is 0.500. The number of halogens is 1. The van der Waals surface area contributed by atoms with Gasteiger partial charge < -0.3 is 15.4 Å². The third-order valence-electron chi connectivity index (χ3n) is 3.11. The molecule has 1 aliphatic rings. The number of aromatic nitrogens is 2. The predicted octanol–water partition coefficient (Wildman–Crippen LogP) is 1.37. The van der Waals surface area contributed by atoms with E-state index in [0.717, 1.165) is 42.9 Å². The summed E-state index contributed by atoms with van der Waals surface area (Å²) >= 11 is 5.97. The average molecular weight is 281 g/mol. The molecule has 19 heavy (non-hydrogen) atoms. The van der Waals surface area contributed by atoms with Gasteiger partial charge in [-0.15, -0.1) is 6.58 Å². The summed E-state index contributed by atoms with van der Waals surface area (Å²) in [5.41, 5.74) is 1.79. The Morgan fingerprint density at radius 3 is 2.58 bits per heavy atom. The molecule has 0 bridgehead atoms. The molecule has 2 rings (SSSR count). The van der Waals surface area contributed by atoms with Crippen LogP contribution in [0.1, 0.15) is 18.4 Å². The highest BCUT2D eigenvalue weighted by Gasteiger charge is 2.19. The maximum atomic E-state index is 5.97. The van der Waals surface area contributed by atoms with Crippen LogP contribution in [0.15, 0.2) is 6.58 Å². The quantitative estimate of drug-likeness (QED) is 0.644. The van der Waals surface area contributed by atoms with Gasteiger partial charge >= 0.3 is 0 Å². The largest absolute Gasteiger partial charge is 0.381 e. The Kier molecular flexibility index (Phi) is 4.66. The van der Waals surface area contributed by atoms with Gasteiger partial charge in [0.1, 0.15) is 19.5 Å². The van der Waals surface area contributed by atoms with Crippen molar-refractivity contribution in [1.82, 2.24) is 9.97 Å². The molecule has 1 saturated heterocycles. The third kappa shape index (κ3) is 3.39. The van der Waals surface area contributed by atoms with Crippen molar-refractivity contribution < 1.29 is 4.74 Å². The number of nitrogens with one attached hydrogen (secondary N) is 2. The van der Waals surface area contributed by atoms with Gasteiger partial charge in [-0.3, -0.25) is 0 Å². The molecule has 7 heteroatoms. The van der Waals surface area contributed by atoms with E-state index in [4.69, 9.17) is 16.3 Å². The molecule has 102 valence electrons. The van der Waals surface area contributed by atoms with Gasteiger partial charge in [0.25, 0.3) is 0 Å². The summed E-state index contributed by atoms with van der Waals surface area (Å²) in [5, 5.41) is 6.69. The number of nitrogens with zero attached hydrogens (tertiary/aromatic N) is 2. The molecule has 0 saturated carbocycles. The third-order valence-corrected chi connectivity index (χ3v) is 3.28. The number of hydrogen-bond acceptors (Lipinski definition) is 5. The monoisotopic (exact) mass is 280 g/mol. The van der Waals surface area contributed by atoms with Crippen molar-refractivity contribution in [2.45, 2.75) is 18.9 Å².